The van der Waals surface area contributed by atoms with E-state index in [1.165, 1.54) is 10.8 Å². The zero-order chi connectivity index (χ0) is 12.5. The van der Waals surface area contributed by atoms with Crippen LogP contribution in [0.5, 0.6) is 0 Å². The third-order valence-electron chi connectivity index (χ3n) is 3.14. The van der Waals surface area contributed by atoms with Gasteiger partial charge in [-0.2, -0.15) is 0 Å². The summed E-state index contributed by atoms with van der Waals surface area (Å²) in [5.74, 6) is 0. The smallest absolute Gasteiger partial charge is 0.407 e. The summed E-state index contributed by atoms with van der Waals surface area (Å²) in [5.41, 5.74) is 1.14. The lowest BCUT2D eigenvalue weighted by atomic mass is 10.0. The van der Waals surface area contributed by atoms with Crippen LogP contribution in [0, 0.1) is 0 Å². The number of nitrogens with one attached hydrogen (secondary N) is 1. The molecular formula is C14H12BrNO2. The average Bonchev–Trinajstić information content (AvgIpc) is 2.84. The molecule has 3 rings (SSSR count). The van der Waals surface area contributed by atoms with Crippen LogP contribution in [0.2, 0.25) is 0 Å². The molecule has 0 bridgehead atoms. The Morgan fingerprint density at radius 2 is 2.00 bits per heavy atom. The molecule has 1 amide bonds. The molecule has 1 aliphatic heterocycles. The Labute approximate surface area is 113 Å². The Morgan fingerprint density at radius 3 is 2.72 bits per heavy atom. The number of amides is 1. The molecule has 92 valence electrons. The molecule has 2 aromatic carbocycles. The minimum atomic E-state index is -0.342. The van der Waals surface area contributed by atoms with Crippen molar-refractivity contribution in [1.82, 2.24) is 5.32 Å². The summed E-state index contributed by atoms with van der Waals surface area (Å²) in [6.07, 6.45) is -0.342. The fourth-order valence-corrected chi connectivity index (χ4v) is 2.74. The summed E-state index contributed by atoms with van der Waals surface area (Å²) in [4.78, 5) is 11.1. The molecule has 1 fully saturated rings. The fraction of sp³-hybridized carbons (Fsp3) is 0.214. The molecule has 0 spiro atoms. The molecule has 18 heavy (non-hydrogen) atoms. The topological polar surface area (TPSA) is 38.3 Å². The number of benzene rings is 2. The predicted octanol–water partition coefficient (Wildman–Crippen LogP) is 3.38. The molecule has 3 nitrogen and oxygen atoms in total. The SMILES string of the molecule is O=C1N[C@@H]([C@@H](Br)c2ccc3ccccc3c2)CO1. The lowest BCUT2D eigenvalue weighted by Gasteiger charge is -2.16. The molecule has 4 heteroatoms. The quantitative estimate of drug-likeness (QED) is 0.864. The van der Waals surface area contributed by atoms with Gasteiger partial charge in [-0.1, -0.05) is 52.3 Å². The number of hydrogen-bond donors (Lipinski definition) is 1. The third-order valence-corrected chi connectivity index (χ3v) is 4.31. The number of halogens is 1. The van der Waals surface area contributed by atoms with E-state index >= 15 is 0 Å². The van der Waals surface area contributed by atoms with Gasteiger partial charge in [-0.05, 0) is 22.4 Å². The second-order valence-electron chi connectivity index (χ2n) is 4.36. The van der Waals surface area contributed by atoms with Crippen LogP contribution in [0.3, 0.4) is 0 Å². The van der Waals surface area contributed by atoms with E-state index in [-0.39, 0.29) is 17.0 Å². The molecule has 0 unspecified atom stereocenters. The first-order valence-electron chi connectivity index (χ1n) is 5.80. The van der Waals surface area contributed by atoms with Crippen LogP contribution in [0.15, 0.2) is 42.5 Å². The largest absolute Gasteiger partial charge is 0.447 e. The van der Waals surface area contributed by atoms with Crippen LogP contribution in [-0.4, -0.2) is 18.7 Å². The van der Waals surface area contributed by atoms with Gasteiger partial charge in [0.1, 0.15) is 6.61 Å². The van der Waals surface area contributed by atoms with Crippen LogP contribution >= 0.6 is 15.9 Å². The van der Waals surface area contributed by atoms with Crippen molar-refractivity contribution in [3.05, 3.63) is 48.0 Å². The van der Waals surface area contributed by atoms with Gasteiger partial charge in [-0.25, -0.2) is 4.79 Å². The fourth-order valence-electron chi connectivity index (χ4n) is 2.17. The van der Waals surface area contributed by atoms with Crippen molar-refractivity contribution in [3.8, 4) is 0 Å². The van der Waals surface area contributed by atoms with Gasteiger partial charge in [0, 0.05) is 0 Å². The third kappa shape index (κ3) is 2.08. The van der Waals surface area contributed by atoms with Gasteiger partial charge in [0.05, 0.1) is 10.9 Å². The first-order valence-corrected chi connectivity index (χ1v) is 6.72. The molecule has 0 saturated carbocycles. The molecule has 1 aliphatic rings. The van der Waals surface area contributed by atoms with E-state index in [2.05, 4.69) is 51.6 Å². The van der Waals surface area contributed by atoms with E-state index in [9.17, 15) is 4.79 Å². The number of hydrogen-bond acceptors (Lipinski definition) is 2. The Balaban J connectivity index is 1.91. The maximum Gasteiger partial charge on any atom is 0.407 e. The second-order valence-corrected chi connectivity index (χ2v) is 5.34. The minimum Gasteiger partial charge on any atom is -0.447 e. The van der Waals surface area contributed by atoms with Gasteiger partial charge in [0.15, 0.2) is 0 Å². The van der Waals surface area contributed by atoms with E-state index in [1.807, 2.05) is 12.1 Å². The molecule has 0 aromatic heterocycles. The van der Waals surface area contributed by atoms with Crippen LogP contribution < -0.4 is 5.32 Å². The number of rotatable bonds is 2. The summed E-state index contributed by atoms with van der Waals surface area (Å²) in [7, 11) is 0. The molecule has 0 aliphatic carbocycles. The van der Waals surface area contributed by atoms with Gasteiger partial charge in [0.2, 0.25) is 0 Å². The summed E-state index contributed by atoms with van der Waals surface area (Å²) < 4.78 is 4.92. The van der Waals surface area contributed by atoms with E-state index in [0.717, 1.165) is 5.56 Å². The van der Waals surface area contributed by atoms with Gasteiger partial charge < -0.3 is 10.1 Å². The van der Waals surface area contributed by atoms with Gasteiger partial charge in [-0.15, -0.1) is 0 Å². The molecule has 1 saturated heterocycles. The highest BCUT2D eigenvalue weighted by atomic mass is 79.9. The number of carbonyl (C=O) groups is 1. The number of carbonyl (C=O) groups excluding carboxylic acids is 1. The number of ether oxygens (including phenoxy) is 1. The van der Waals surface area contributed by atoms with Crippen molar-refractivity contribution >= 4 is 32.8 Å². The normalized spacial score (nSPS) is 20.5. The highest BCUT2D eigenvalue weighted by Gasteiger charge is 2.29. The zero-order valence-corrected chi connectivity index (χ0v) is 11.2. The monoisotopic (exact) mass is 305 g/mol. The number of alkyl halides is 1. The summed E-state index contributed by atoms with van der Waals surface area (Å²) >= 11 is 3.63. The number of cyclic esters (lactones) is 1. The number of fused-ring (bicyclic) bond motifs is 1. The highest BCUT2D eigenvalue weighted by Crippen LogP contribution is 2.30. The maximum absolute atomic E-state index is 11.0. The van der Waals surface area contributed by atoms with Gasteiger partial charge >= 0.3 is 6.09 Å². The van der Waals surface area contributed by atoms with Crippen molar-refractivity contribution in [2.75, 3.05) is 6.61 Å². The highest BCUT2D eigenvalue weighted by molar-refractivity contribution is 9.09. The Morgan fingerprint density at radius 1 is 1.22 bits per heavy atom. The average molecular weight is 306 g/mol. The van der Waals surface area contributed by atoms with Gasteiger partial charge in [-0.3, -0.25) is 0 Å². The minimum absolute atomic E-state index is 0.0151. The Bertz CT molecular complexity index is 599. The van der Waals surface area contributed by atoms with Crippen LogP contribution in [0.1, 0.15) is 10.4 Å². The number of alkyl carbamates (subject to hydrolysis) is 1. The molecule has 0 radical (unpaired) electrons. The van der Waals surface area contributed by atoms with Gasteiger partial charge in [0.25, 0.3) is 0 Å². The van der Waals surface area contributed by atoms with E-state index in [4.69, 9.17) is 4.74 Å². The zero-order valence-electron chi connectivity index (χ0n) is 9.60. The lowest BCUT2D eigenvalue weighted by Crippen LogP contribution is -2.29. The standard InChI is InChI=1S/C14H12BrNO2/c15-13(12-8-18-14(17)16-12)11-6-5-9-3-1-2-4-10(9)7-11/h1-7,12-13H,8H2,(H,16,17)/t12-,13+/m1/s1. The predicted molar refractivity (Wildman–Crippen MR) is 73.9 cm³/mol. The summed E-state index contributed by atoms with van der Waals surface area (Å²) in [6.45, 7) is 0.404. The van der Waals surface area contributed by atoms with Crippen LogP contribution in [-0.2, 0) is 4.74 Å². The summed E-state index contributed by atoms with van der Waals surface area (Å²) in [6, 6.07) is 14.5. The molecular weight excluding hydrogens is 294 g/mol. The maximum atomic E-state index is 11.0. The van der Waals surface area contributed by atoms with E-state index < -0.39 is 0 Å². The van der Waals surface area contributed by atoms with E-state index in [0.29, 0.717) is 6.61 Å². The first kappa shape index (κ1) is 11.5. The molecule has 1 N–H and O–H groups in total. The van der Waals surface area contributed by atoms with Crippen molar-refractivity contribution in [2.45, 2.75) is 10.9 Å². The Kier molecular flexibility index (Phi) is 2.96. The molecule has 2 aromatic rings. The van der Waals surface area contributed by atoms with Crippen molar-refractivity contribution in [3.63, 3.8) is 0 Å². The molecule has 2 atom stereocenters. The van der Waals surface area contributed by atoms with Crippen molar-refractivity contribution < 1.29 is 9.53 Å². The molecule has 1 heterocycles. The first-order chi connectivity index (χ1) is 8.74. The van der Waals surface area contributed by atoms with E-state index in [1.54, 1.807) is 0 Å². The second kappa shape index (κ2) is 4.61. The summed E-state index contributed by atoms with van der Waals surface area (Å²) in [5, 5.41) is 5.21. The van der Waals surface area contributed by atoms with Crippen molar-refractivity contribution in [1.29, 1.82) is 0 Å². The Hall–Kier alpha value is -1.55. The van der Waals surface area contributed by atoms with Crippen LogP contribution in [0.25, 0.3) is 10.8 Å². The lowest BCUT2D eigenvalue weighted by molar-refractivity contribution is 0.177. The van der Waals surface area contributed by atoms with Crippen LogP contribution in [0.4, 0.5) is 4.79 Å². The van der Waals surface area contributed by atoms with Crippen molar-refractivity contribution in [2.24, 2.45) is 0 Å².